The Balaban J connectivity index is 0.000000351. The van der Waals surface area contributed by atoms with Gasteiger partial charge in [0.05, 0.1) is 36.1 Å². The molecule has 2 atom stereocenters. The van der Waals surface area contributed by atoms with E-state index in [4.69, 9.17) is 24.7 Å². The Labute approximate surface area is 385 Å². The van der Waals surface area contributed by atoms with Crippen LogP contribution in [0.3, 0.4) is 0 Å². The Morgan fingerprint density at radius 1 is 0.726 bits per heavy atom. The number of aromatic nitrogens is 2. The lowest BCUT2D eigenvalue weighted by Gasteiger charge is -2.18. The standard InChI is InChI=1S/C19H21N2O3PS2.C15H17N3O5S2.C6H12.2C2H6/c1-13-9-10-14(12-13)19(25-2)24-16-7-3-4-8-17(16)26-27-18-15(21(22)23)6-5-11-20-18;1-21-11-7-12(9(8-16)13(22-2)14(11)23-3)24-25-15-10(18(19)20)5-4-6-17-15;1-6-4-2-3-5-6;2*1-2/h3-8,11,13-14H,9-10,12H2,1-2H3;4-7H,8,16H2,1-3H3;6H,2-5H2,1H3;2*1-2H3/t13?,14-;;;;/m0..../s1. The summed E-state index contributed by atoms with van der Waals surface area (Å²) in [5.74, 6) is 4.51. The van der Waals surface area contributed by atoms with Gasteiger partial charge in [0, 0.05) is 47.4 Å². The van der Waals surface area contributed by atoms with Crippen molar-refractivity contribution in [1.29, 1.82) is 0 Å². The predicted molar refractivity (Wildman–Crippen MR) is 261 cm³/mol. The molecular formula is C44H62N5O8PS4. The number of nitrogens with zero attached hydrogens (tertiary/aromatic N) is 4. The van der Waals surface area contributed by atoms with Crippen molar-refractivity contribution >= 4 is 68.2 Å². The lowest BCUT2D eigenvalue weighted by molar-refractivity contribution is -0.388. The summed E-state index contributed by atoms with van der Waals surface area (Å²) in [6, 6.07) is 15.6. The highest BCUT2D eigenvalue weighted by Crippen LogP contribution is 2.49. The van der Waals surface area contributed by atoms with Crippen molar-refractivity contribution in [3.63, 3.8) is 0 Å². The van der Waals surface area contributed by atoms with Crippen LogP contribution in [0, 0.1) is 38.0 Å². The van der Waals surface area contributed by atoms with Gasteiger partial charge in [-0.25, -0.2) is 9.97 Å². The number of pyridine rings is 2. The second-order valence-electron chi connectivity index (χ2n) is 13.4. The van der Waals surface area contributed by atoms with Crippen LogP contribution in [0.1, 0.15) is 92.1 Å². The van der Waals surface area contributed by atoms with Gasteiger partial charge in [0.25, 0.3) is 0 Å². The minimum Gasteiger partial charge on any atom is -0.493 e. The first-order valence-electron chi connectivity index (χ1n) is 20.7. The maximum atomic E-state index is 11.2. The van der Waals surface area contributed by atoms with Gasteiger partial charge in [0.1, 0.15) is 11.2 Å². The Bertz CT molecular complexity index is 2010. The molecule has 2 saturated carbocycles. The highest BCUT2D eigenvalue weighted by molar-refractivity contribution is 8.77. The molecule has 0 bridgehead atoms. The van der Waals surface area contributed by atoms with E-state index in [0.717, 1.165) is 46.6 Å². The molecule has 340 valence electrons. The summed E-state index contributed by atoms with van der Waals surface area (Å²) in [5, 5.41) is 23.0. The third-order valence-corrected chi connectivity index (χ3v) is 15.0. The highest BCUT2D eigenvalue weighted by Gasteiger charge is 2.27. The smallest absolute Gasteiger partial charge is 0.302 e. The molecule has 2 aromatic carbocycles. The Hall–Kier alpha value is -3.73. The van der Waals surface area contributed by atoms with Gasteiger partial charge < -0.3 is 24.7 Å². The average Bonchev–Trinajstić information content (AvgIpc) is 3.98. The van der Waals surface area contributed by atoms with E-state index in [-0.39, 0.29) is 17.9 Å². The van der Waals surface area contributed by atoms with Gasteiger partial charge in [-0.3, -0.25) is 20.2 Å². The van der Waals surface area contributed by atoms with Gasteiger partial charge in [-0.05, 0) is 100 Å². The average molecular weight is 948 g/mol. The predicted octanol–water partition coefficient (Wildman–Crippen LogP) is 13.8. The lowest BCUT2D eigenvalue weighted by Crippen LogP contribution is -2.16. The van der Waals surface area contributed by atoms with E-state index in [1.807, 2.05) is 52.0 Å². The van der Waals surface area contributed by atoms with Crippen molar-refractivity contribution in [2.45, 2.75) is 113 Å². The molecule has 0 aliphatic heterocycles. The molecule has 62 heavy (non-hydrogen) atoms. The third kappa shape index (κ3) is 16.8. The molecule has 6 rings (SSSR count). The van der Waals surface area contributed by atoms with Crippen molar-refractivity contribution in [3.05, 3.63) is 92.8 Å². The van der Waals surface area contributed by atoms with E-state index in [9.17, 15) is 20.2 Å². The van der Waals surface area contributed by atoms with Gasteiger partial charge in [-0.2, -0.15) is 0 Å². The second-order valence-corrected chi connectivity index (χ2v) is 18.7. The summed E-state index contributed by atoms with van der Waals surface area (Å²) >= 11 is 0. The first-order valence-corrected chi connectivity index (χ1v) is 26.3. The molecular weight excluding hydrogens is 886 g/mol. The van der Waals surface area contributed by atoms with Gasteiger partial charge in [-0.1, -0.05) is 98.4 Å². The molecule has 2 aromatic heterocycles. The fourth-order valence-electron chi connectivity index (χ4n) is 6.39. The topological polar surface area (TPSA) is 175 Å². The molecule has 1 unspecified atom stereocenters. The van der Waals surface area contributed by atoms with Crippen LogP contribution in [0.25, 0.3) is 0 Å². The van der Waals surface area contributed by atoms with Crippen molar-refractivity contribution in [2.75, 3.05) is 28.0 Å². The summed E-state index contributed by atoms with van der Waals surface area (Å²) in [7, 11) is 10.9. The summed E-state index contributed by atoms with van der Waals surface area (Å²) in [4.78, 5) is 31.3. The third-order valence-electron chi connectivity index (χ3n) is 9.38. The van der Waals surface area contributed by atoms with E-state index in [0.29, 0.717) is 33.2 Å². The number of ether oxygens (including phenoxy) is 4. The van der Waals surface area contributed by atoms with E-state index >= 15 is 0 Å². The molecule has 13 nitrogen and oxygen atoms in total. The first kappa shape index (κ1) is 54.4. The number of para-hydroxylation sites is 1. The normalized spacial score (nSPS) is 15.5. The van der Waals surface area contributed by atoms with Crippen molar-refractivity contribution in [1.82, 2.24) is 9.97 Å². The van der Waals surface area contributed by atoms with Crippen molar-refractivity contribution in [2.24, 2.45) is 23.5 Å². The Morgan fingerprint density at radius 3 is 1.71 bits per heavy atom. The van der Waals surface area contributed by atoms with Crippen LogP contribution in [0.5, 0.6) is 23.0 Å². The molecule has 2 heterocycles. The number of hydrogen-bond donors (Lipinski definition) is 1. The van der Waals surface area contributed by atoms with E-state index in [2.05, 4.69) is 30.5 Å². The zero-order valence-corrected chi connectivity index (χ0v) is 41.6. The molecule has 0 saturated heterocycles. The molecule has 0 amide bonds. The van der Waals surface area contributed by atoms with Crippen LogP contribution >= 0.6 is 51.4 Å². The SMILES string of the molecule is CC.CC.CC1CCCC1.COc1cc(SSc2ncccc2[N+](=O)[O-])c(CN)c(OC)c1OC.CP=C(Oc1ccccc1SSc1ncccc1[N+](=O)[O-])[C@H]1CCC(C)C1. The number of benzene rings is 2. The fourth-order valence-corrected chi connectivity index (χ4v) is 11.6. The zero-order valence-electron chi connectivity index (χ0n) is 37.5. The van der Waals surface area contributed by atoms with Crippen LogP contribution in [0.4, 0.5) is 11.4 Å². The first-order chi connectivity index (χ1) is 30.0. The monoisotopic (exact) mass is 947 g/mol. The van der Waals surface area contributed by atoms with Crippen molar-refractivity contribution in [3.8, 4) is 23.0 Å². The number of hydrogen-bond acceptors (Lipinski definition) is 15. The number of methoxy groups -OCH3 is 3. The maximum absolute atomic E-state index is 11.2. The number of nitro groups is 2. The summed E-state index contributed by atoms with van der Waals surface area (Å²) in [6.45, 7) is 15.0. The van der Waals surface area contributed by atoms with Gasteiger partial charge in [0.15, 0.2) is 21.6 Å². The van der Waals surface area contributed by atoms with Crippen molar-refractivity contribution < 1.29 is 28.8 Å². The second kappa shape index (κ2) is 30.4. The highest BCUT2D eigenvalue weighted by atomic mass is 33.1. The molecule has 2 aliphatic rings. The molecule has 2 aliphatic carbocycles. The molecule has 4 aromatic rings. The van der Waals surface area contributed by atoms with Crippen LogP contribution < -0.4 is 24.7 Å². The molecule has 0 spiro atoms. The molecule has 18 heteroatoms. The largest absolute Gasteiger partial charge is 0.493 e. The lowest BCUT2D eigenvalue weighted by atomic mass is 10.1. The maximum Gasteiger partial charge on any atom is 0.302 e. The number of rotatable bonds is 15. The van der Waals surface area contributed by atoms with E-state index < -0.39 is 9.85 Å². The zero-order chi connectivity index (χ0) is 46.0. The van der Waals surface area contributed by atoms with Crippen LogP contribution in [-0.2, 0) is 6.54 Å². The Kier molecular flexibility index (Phi) is 26.6. The summed E-state index contributed by atoms with van der Waals surface area (Å²) in [5.41, 5.74) is 7.66. The molecule has 2 N–H and O–H groups in total. The van der Waals surface area contributed by atoms with Crippen LogP contribution in [0.15, 0.2) is 86.8 Å². The number of nitrogens with two attached hydrogens (primary N) is 1. The fraction of sp³-hybridized carbons (Fsp3) is 0.477. The quantitative estimate of drug-likeness (QED) is 0.0515. The molecule has 0 radical (unpaired) electrons. The molecule has 2 fully saturated rings. The van der Waals surface area contributed by atoms with Crippen LogP contribution in [-0.4, -0.2) is 53.3 Å². The van der Waals surface area contributed by atoms with Gasteiger partial charge in [-0.15, -0.1) is 0 Å². The minimum atomic E-state index is -0.463. The van der Waals surface area contributed by atoms with Crippen LogP contribution in [0.2, 0.25) is 0 Å². The van der Waals surface area contributed by atoms with E-state index in [1.165, 1.54) is 134 Å². The van der Waals surface area contributed by atoms with Gasteiger partial charge >= 0.3 is 11.4 Å². The summed E-state index contributed by atoms with van der Waals surface area (Å²) < 4.78 is 22.4. The van der Waals surface area contributed by atoms with Gasteiger partial charge in [0.2, 0.25) is 5.75 Å². The van der Waals surface area contributed by atoms with E-state index in [1.54, 1.807) is 18.3 Å². The Morgan fingerprint density at radius 2 is 1.27 bits per heavy atom. The minimum absolute atomic E-state index is 0.0210. The summed E-state index contributed by atoms with van der Waals surface area (Å²) in [6.07, 6.45) is 12.6.